The van der Waals surface area contributed by atoms with Gasteiger partial charge in [-0.3, -0.25) is 0 Å². The van der Waals surface area contributed by atoms with Crippen molar-refractivity contribution in [3.05, 3.63) is 53.1 Å². The van der Waals surface area contributed by atoms with Crippen molar-refractivity contribution in [2.45, 2.75) is 24.8 Å². The minimum atomic E-state index is -3.71. The largest absolute Gasteiger partial charge is 0.486 e. The van der Waals surface area contributed by atoms with E-state index >= 15 is 0 Å². The number of sulfonamides is 1. The zero-order valence-corrected chi connectivity index (χ0v) is 15.7. The molecule has 0 amide bonds. The zero-order chi connectivity index (χ0) is 18.0. The number of nitrogens with zero attached hydrogens (tertiary/aromatic N) is 1. The molecule has 0 fully saturated rings. The molecule has 1 aliphatic rings. The van der Waals surface area contributed by atoms with E-state index in [2.05, 4.69) is 0 Å². The molecule has 0 spiro atoms. The second kappa shape index (κ2) is 7.23. The summed E-state index contributed by atoms with van der Waals surface area (Å²) in [6.45, 7) is 4.46. The number of rotatable bonds is 5. The van der Waals surface area contributed by atoms with Gasteiger partial charge in [-0.2, -0.15) is 4.31 Å². The molecule has 0 bridgehead atoms. The number of para-hydroxylation sites is 2. The first-order valence-corrected chi connectivity index (χ1v) is 9.88. The molecule has 3 rings (SSSR count). The number of benzene rings is 2. The smallest absolute Gasteiger partial charge is 0.244 e. The van der Waals surface area contributed by atoms with Gasteiger partial charge in [-0.05, 0) is 36.8 Å². The fourth-order valence-electron chi connectivity index (χ4n) is 2.73. The van der Waals surface area contributed by atoms with E-state index < -0.39 is 10.0 Å². The lowest BCUT2D eigenvalue weighted by molar-refractivity contribution is 0.0771. The van der Waals surface area contributed by atoms with Gasteiger partial charge in [-0.15, -0.1) is 0 Å². The molecule has 0 N–H and O–H groups in total. The maximum atomic E-state index is 13.0. The molecule has 0 saturated heterocycles. The van der Waals surface area contributed by atoms with Crippen LogP contribution >= 0.6 is 11.6 Å². The molecule has 1 heterocycles. The van der Waals surface area contributed by atoms with Crippen LogP contribution in [0.15, 0.2) is 47.4 Å². The van der Waals surface area contributed by atoms with E-state index in [1.54, 1.807) is 25.1 Å². The fraction of sp³-hybridized carbons (Fsp3) is 0.333. The maximum absolute atomic E-state index is 13.0. The molecule has 7 heteroatoms. The molecule has 1 unspecified atom stereocenters. The third-order valence-corrected chi connectivity index (χ3v) is 6.46. The van der Waals surface area contributed by atoms with Gasteiger partial charge >= 0.3 is 0 Å². The number of hydrogen-bond donors (Lipinski definition) is 0. The van der Waals surface area contributed by atoms with E-state index in [-0.39, 0.29) is 22.6 Å². The van der Waals surface area contributed by atoms with Crippen molar-refractivity contribution in [3.63, 3.8) is 0 Å². The summed E-state index contributed by atoms with van der Waals surface area (Å²) in [5.41, 5.74) is 0.910. The van der Waals surface area contributed by atoms with Crippen molar-refractivity contribution in [3.8, 4) is 11.5 Å². The quantitative estimate of drug-likeness (QED) is 0.795. The third kappa shape index (κ3) is 3.76. The van der Waals surface area contributed by atoms with Crippen molar-refractivity contribution in [1.29, 1.82) is 0 Å². The Morgan fingerprint density at radius 3 is 2.60 bits per heavy atom. The standard InChI is InChI=1S/C18H20ClNO4S/c1-3-20(25(21,22)18-9-8-13(2)10-15(18)19)11-14-12-23-16-6-4-5-7-17(16)24-14/h4-10,14H,3,11-12H2,1-2H3. The monoisotopic (exact) mass is 381 g/mol. The van der Waals surface area contributed by atoms with E-state index in [9.17, 15) is 8.42 Å². The number of likely N-dealkylation sites (N-methyl/N-ethyl adjacent to an activating group) is 1. The second-order valence-electron chi connectivity index (χ2n) is 5.89. The van der Waals surface area contributed by atoms with Crippen LogP contribution in [0.2, 0.25) is 5.02 Å². The Bertz CT molecular complexity index is 869. The highest BCUT2D eigenvalue weighted by Gasteiger charge is 2.30. The van der Waals surface area contributed by atoms with Crippen molar-refractivity contribution >= 4 is 21.6 Å². The van der Waals surface area contributed by atoms with Crippen LogP contribution in [-0.2, 0) is 10.0 Å². The van der Waals surface area contributed by atoms with Gasteiger partial charge in [0, 0.05) is 6.54 Å². The van der Waals surface area contributed by atoms with Gasteiger partial charge in [-0.1, -0.05) is 36.7 Å². The van der Waals surface area contributed by atoms with Crippen LogP contribution in [0.3, 0.4) is 0 Å². The summed E-state index contributed by atoms with van der Waals surface area (Å²) in [6.07, 6.45) is -0.381. The summed E-state index contributed by atoms with van der Waals surface area (Å²) in [5, 5.41) is 0.226. The Labute approximate surface area is 153 Å². The van der Waals surface area contributed by atoms with Crippen LogP contribution in [0.1, 0.15) is 12.5 Å². The van der Waals surface area contributed by atoms with Crippen LogP contribution in [-0.4, -0.2) is 38.5 Å². The van der Waals surface area contributed by atoms with Gasteiger partial charge in [0.15, 0.2) is 11.5 Å². The highest BCUT2D eigenvalue weighted by Crippen LogP contribution is 2.32. The highest BCUT2D eigenvalue weighted by molar-refractivity contribution is 7.89. The van der Waals surface area contributed by atoms with Crippen molar-refractivity contribution in [2.75, 3.05) is 19.7 Å². The Kier molecular flexibility index (Phi) is 5.22. The van der Waals surface area contributed by atoms with E-state index in [4.69, 9.17) is 21.1 Å². The minimum Gasteiger partial charge on any atom is -0.486 e. The molecule has 0 radical (unpaired) electrons. The first-order chi connectivity index (χ1) is 11.9. The SMILES string of the molecule is CCN(CC1COc2ccccc2O1)S(=O)(=O)c1ccc(C)cc1Cl. The molecule has 134 valence electrons. The van der Waals surface area contributed by atoms with Crippen LogP contribution in [0, 0.1) is 6.92 Å². The molecule has 1 aliphatic heterocycles. The van der Waals surface area contributed by atoms with E-state index in [1.807, 2.05) is 31.2 Å². The summed E-state index contributed by atoms with van der Waals surface area (Å²) in [4.78, 5) is 0.110. The number of aryl methyl sites for hydroxylation is 1. The van der Waals surface area contributed by atoms with Crippen molar-refractivity contribution in [1.82, 2.24) is 4.31 Å². The highest BCUT2D eigenvalue weighted by atomic mass is 35.5. The van der Waals surface area contributed by atoms with Gasteiger partial charge in [0.25, 0.3) is 0 Å². The second-order valence-corrected chi connectivity index (χ2v) is 8.20. The van der Waals surface area contributed by atoms with Gasteiger partial charge in [0.1, 0.15) is 17.6 Å². The number of halogens is 1. The lowest BCUT2D eigenvalue weighted by Gasteiger charge is -2.30. The van der Waals surface area contributed by atoms with Crippen molar-refractivity contribution in [2.24, 2.45) is 0 Å². The Morgan fingerprint density at radius 2 is 1.92 bits per heavy atom. The van der Waals surface area contributed by atoms with E-state index in [0.717, 1.165) is 5.56 Å². The molecule has 5 nitrogen and oxygen atoms in total. The molecule has 2 aromatic rings. The summed E-state index contributed by atoms with van der Waals surface area (Å²) >= 11 is 6.16. The third-order valence-electron chi connectivity index (χ3n) is 4.03. The Morgan fingerprint density at radius 1 is 1.20 bits per heavy atom. The summed E-state index contributed by atoms with van der Waals surface area (Å²) < 4.78 is 38.8. The topological polar surface area (TPSA) is 55.8 Å². The number of hydrogen-bond acceptors (Lipinski definition) is 4. The van der Waals surface area contributed by atoms with Gasteiger partial charge < -0.3 is 9.47 Å². The van der Waals surface area contributed by atoms with Gasteiger partial charge in [-0.25, -0.2) is 8.42 Å². The normalized spacial score (nSPS) is 16.9. The maximum Gasteiger partial charge on any atom is 0.244 e. The summed E-state index contributed by atoms with van der Waals surface area (Å²) in [7, 11) is -3.71. The van der Waals surface area contributed by atoms with Crippen LogP contribution in [0.5, 0.6) is 11.5 Å². The van der Waals surface area contributed by atoms with E-state index in [1.165, 1.54) is 4.31 Å². The van der Waals surface area contributed by atoms with Gasteiger partial charge in [0.05, 0.1) is 11.6 Å². The van der Waals surface area contributed by atoms with Crippen molar-refractivity contribution < 1.29 is 17.9 Å². The molecule has 2 aromatic carbocycles. The lowest BCUT2D eigenvalue weighted by atomic mass is 10.2. The average molecular weight is 382 g/mol. The summed E-state index contributed by atoms with van der Waals surface area (Å²) in [5.74, 6) is 1.30. The predicted octanol–water partition coefficient (Wildman–Crippen LogP) is 3.50. The van der Waals surface area contributed by atoms with Crippen LogP contribution in [0.25, 0.3) is 0 Å². The minimum absolute atomic E-state index is 0.110. The fourth-order valence-corrected chi connectivity index (χ4v) is 4.79. The number of fused-ring (bicyclic) bond motifs is 1. The Balaban J connectivity index is 1.81. The molecule has 0 saturated carbocycles. The molecular weight excluding hydrogens is 362 g/mol. The van der Waals surface area contributed by atoms with Crippen LogP contribution < -0.4 is 9.47 Å². The first-order valence-electron chi connectivity index (χ1n) is 8.06. The Hall–Kier alpha value is -1.76. The molecule has 1 atom stereocenters. The molecule has 25 heavy (non-hydrogen) atoms. The summed E-state index contributed by atoms with van der Waals surface area (Å²) in [6, 6.07) is 12.3. The lowest BCUT2D eigenvalue weighted by Crippen LogP contribution is -2.43. The molecule has 0 aromatic heterocycles. The van der Waals surface area contributed by atoms with Gasteiger partial charge in [0.2, 0.25) is 10.0 Å². The molecule has 0 aliphatic carbocycles. The van der Waals surface area contributed by atoms with E-state index in [0.29, 0.717) is 24.7 Å². The van der Waals surface area contributed by atoms with Crippen LogP contribution in [0.4, 0.5) is 0 Å². The zero-order valence-electron chi connectivity index (χ0n) is 14.1. The average Bonchev–Trinajstić information content (AvgIpc) is 2.59. The first kappa shape index (κ1) is 18.0. The predicted molar refractivity (Wildman–Crippen MR) is 97.0 cm³/mol. The number of ether oxygens (including phenoxy) is 2. The molecular formula is C18H20ClNO4S.